The van der Waals surface area contributed by atoms with Crippen molar-refractivity contribution >= 4 is 37.5 Å². The molecule has 0 aliphatic rings. The van der Waals surface area contributed by atoms with Gasteiger partial charge >= 0.3 is 0 Å². The van der Waals surface area contributed by atoms with Gasteiger partial charge in [-0.1, -0.05) is 29.8 Å². The Bertz CT molecular complexity index is 645. The summed E-state index contributed by atoms with van der Waals surface area (Å²) >= 11 is 5.13. The minimum absolute atomic E-state index is 0.0958. The molecule has 0 radical (unpaired) electrons. The van der Waals surface area contributed by atoms with Crippen molar-refractivity contribution in [3.8, 4) is 0 Å². The van der Waals surface area contributed by atoms with Gasteiger partial charge in [0.2, 0.25) is 0 Å². The fourth-order valence-electron chi connectivity index (χ4n) is 2.09. The highest BCUT2D eigenvalue weighted by atomic mass is 79.9. The normalized spacial score (nSPS) is 13.4. The van der Waals surface area contributed by atoms with Gasteiger partial charge in [0.05, 0.1) is 11.7 Å². The van der Waals surface area contributed by atoms with E-state index in [4.69, 9.17) is 0 Å². The minimum atomic E-state index is 0.0958. The average molecular weight is 343 g/mol. The molecular formula is C14H19BrN2OS. The summed E-state index contributed by atoms with van der Waals surface area (Å²) in [6.45, 7) is 9.14. The van der Waals surface area contributed by atoms with E-state index in [-0.39, 0.29) is 5.56 Å². The van der Waals surface area contributed by atoms with Crippen LogP contribution in [0.15, 0.2) is 11.1 Å². The molecule has 0 saturated heterocycles. The smallest absolute Gasteiger partial charge is 0.262 e. The highest BCUT2D eigenvalue weighted by molar-refractivity contribution is 9.09. The van der Waals surface area contributed by atoms with Gasteiger partial charge in [-0.3, -0.25) is 9.36 Å². The molecule has 0 spiro atoms. The van der Waals surface area contributed by atoms with Crippen molar-refractivity contribution in [2.75, 3.05) is 5.33 Å². The van der Waals surface area contributed by atoms with E-state index in [0.717, 1.165) is 27.7 Å². The Morgan fingerprint density at radius 3 is 2.68 bits per heavy atom. The predicted molar refractivity (Wildman–Crippen MR) is 85.5 cm³/mol. The lowest BCUT2D eigenvalue weighted by atomic mass is 9.98. The van der Waals surface area contributed by atoms with Gasteiger partial charge in [0.1, 0.15) is 4.83 Å². The molecule has 5 heteroatoms. The van der Waals surface area contributed by atoms with Crippen LogP contribution >= 0.6 is 27.3 Å². The number of hydrogen-bond donors (Lipinski definition) is 0. The van der Waals surface area contributed by atoms with Crippen LogP contribution in [0.4, 0.5) is 0 Å². The monoisotopic (exact) mass is 342 g/mol. The quantitative estimate of drug-likeness (QED) is 0.793. The van der Waals surface area contributed by atoms with E-state index in [1.807, 2.05) is 13.8 Å². The van der Waals surface area contributed by atoms with Gasteiger partial charge in [-0.15, -0.1) is 11.3 Å². The van der Waals surface area contributed by atoms with Crippen LogP contribution in [0, 0.1) is 25.7 Å². The third-order valence-corrected chi connectivity index (χ3v) is 5.67. The fourth-order valence-corrected chi connectivity index (χ4v) is 4.03. The van der Waals surface area contributed by atoms with Crippen LogP contribution in [0.25, 0.3) is 10.2 Å². The maximum absolute atomic E-state index is 12.6. The lowest BCUT2D eigenvalue weighted by Crippen LogP contribution is -2.27. The first kappa shape index (κ1) is 14.7. The number of aryl methyl sites for hydroxylation is 2. The third-order valence-electron chi connectivity index (χ3n) is 3.73. The summed E-state index contributed by atoms with van der Waals surface area (Å²) in [6, 6.07) is 0. The molecule has 19 heavy (non-hydrogen) atoms. The molecule has 104 valence electrons. The Hall–Kier alpha value is -0.680. The van der Waals surface area contributed by atoms with E-state index in [1.54, 1.807) is 22.2 Å². The first-order valence-electron chi connectivity index (χ1n) is 6.46. The molecular weight excluding hydrogens is 324 g/mol. The molecule has 0 N–H and O–H groups in total. The van der Waals surface area contributed by atoms with Crippen molar-refractivity contribution in [3.05, 3.63) is 27.1 Å². The molecule has 0 aliphatic carbocycles. The molecule has 0 saturated carbocycles. The minimum Gasteiger partial charge on any atom is -0.298 e. The lowest BCUT2D eigenvalue weighted by molar-refractivity contribution is 0.368. The summed E-state index contributed by atoms with van der Waals surface area (Å²) < 4.78 is 1.76. The second kappa shape index (κ2) is 5.75. The number of halogens is 1. The maximum atomic E-state index is 12.6. The van der Waals surface area contributed by atoms with Gasteiger partial charge < -0.3 is 0 Å². The average Bonchev–Trinajstić information content (AvgIpc) is 2.65. The molecule has 1 atom stereocenters. The lowest BCUT2D eigenvalue weighted by Gasteiger charge is -2.19. The number of thiophene rings is 1. The largest absolute Gasteiger partial charge is 0.298 e. The van der Waals surface area contributed by atoms with Crippen molar-refractivity contribution in [1.29, 1.82) is 0 Å². The zero-order valence-electron chi connectivity index (χ0n) is 11.7. The van der Waals surface area contributed by atoms with Gasteiger partial charge in [-0.2, -0.15) is 0 Å². The molecule has 3 nitrogen and oxygen atoms in total. The van der Waals surface area contributed by atoms with E-state index >= 15 is 0 Å². The molecule has 0 fully saturated rings. The molecule has 2 heterocycles. The van der Waals surface area contributed by atoms with Crippen LogP contribution in [-0.2, 0) is 6.54 Å². The Kier molecular flexibility index (Phi) is 4.46. The first-order valence-corrected chi connectivity index (χ1v) is 8.40. The van der Waals surface area contributed by atoms with Crippen molar-refractivity contribution in [3.63, 3.8) is 0 Å². The van der Waals surface area contributed by atoms with E-state index in [1.165, 1.54) is 4.88 Å². The predicted octanol–water partition coefficient (Wildman–Crippen LogP) is 3.74. The zero-order chi connectivity index (χ0) is 14.2. The Balaban J connectivity index is 2.48. The molecule has 0 aliphatic heterocycles. The van der Waals surface area contributed by atoms with Gasteiger partial charge in [0.15, 0.2) is 0 Å². The van der Waals surface area contributed by atoms with Crippen LogP contribution in [0.5, 0.6) is 0 Å². The summed E-state index contributed by atoms with van der Waals surface area (Å²) in [7, 11) is 0. The van der Waals surface area contributed by atoms with Gasteiger partial charge in [-0.05, 0) is 31.2 Å². The topological polar surface area (TPSA) is 34.9 Å². The summed E-state index contributed by atoms with van der Waals surface area (Å²) in [5.41, 5.74) is 1.17. The second-order valence-corrected chi connectivity index (χ2v) is 7.17. The molecule has 0 bridgehead atoms. The van der Waals surface area contributed by atoms with Crippen molar-refractivity contribution in [1.82, 2.24) is 9.55 Å². The zero-order valence-corrected chi connectivity index (χ0v) is 14.1. The Morgan fingerprint density at radius 2 is 2.11 bits per heavy atom. The maximum Gasteiger partial charge on any atom is 0.262 e. The Labute approximate surface area is 125 Å². The number of hydrogen-bond acceptors (Lipinski definition) is 3. The molecule has 2 aromatic heterocycles. The van der Waals surface area contributed by atoms with E-state index in [9.17, 15) is 4.79 Å². The number of alkyl halides is 1. The summed E-state index contributed by atoms with van der Waals surface area (Å²) in [5, 5.41) is 1.69. The van der Waals surface area contributed by atoms with Crippen LogP contribution < -0.4 is 5.56 Å². The number of nitrogens with zero attached hydrogens (tertiary/aromatic N) is 2. The van der Waals surface area contributed by atoms with Crippen LogP contribution in [0.3, 0.4) is 0 Å². The molecule has 0 amide bonds. The van der Waals surface area contributed by atoms with E-state index < -0.39 is 0 Å². The molecule has 0 aromatic carbocycles. The standard InChI is InChI=1S/C14H19BrN2OS/c1-8(2)11(5-15)6-17-7-16-13-12(14(17)18)9(3)10(4)19-13/h7-8,11H,5-6H2,1-4H3. The van der Waals surface area contributed by atoms with E-state index in [2.05, 4.69) is 34.8 Å². The second-order valence-electron chi connectivity index (χ2n) is 5.32. The van der Waals surface area contributed by atoms with Crippen molar-refractivity contribution in [2.45, 2.75) is 34.2 Å². The summed E-state index contributed by atoms with van der Waals surface area (Å²) in [6.07, 6.45) is 1.69. The third kappa shape index (κ3) is 2.77. The van der Waals surface area contributed by atoms with Gasteiger partial charge in [0, 0.05) is 16.8 Å². The number of aromatic nitrogens is 2. The Morgan fingerprint density at radius 1 is 1.42 bits per heavy atom. The molecule has 2 aromatic rings. The van der Waals surface area contributed by atoms with E-state index in [0.29, 0.717) is 11.8 Å². The van der Waals surface area contributed by atoms with Crippen LogP contribution in [0.2, 0.25) is 0 Å². The van der Waals surface area contributed by atoms with Crippen LogP contribution in [-0.4, -0.2) is 14.9 Å². The molecule has 1 unspecified atom stereocenters. The number of fused-ring (bicyclic) bond motifs is 1. The fraction of sp³-hybridized carbons (Fsp3) is 0.571. The molecule has 2 rings (SSSR count). The van der Waals surface area contributed by atoms with Gasteiger partial charge in [-0.25, -0.2) is 4.98 Å². The SMILES string of the molecule is Cc1sc2ncn(CC(CBr)C(C)C)c(=O)c2c1C. The highest BCUT2D eigenvalue weighted by Crippen LogP contribution is 2.25. The van der Waals surface area contributed by atoms with Gasteiger partial charge in [0.25, 0.3) is 5.56 Å². The highest BCUT2D eigenvalue weighted by Gasteiger charge is 2.16. The van der Waals surface area contributed by atoms with Crippen LogP contribution in [0.1, 0.15) is 24.3 Å². The van der Waals surface area contributed by atoms with Crippen molar-refractivity contribution in [2.24, 2.45) is 11.8 Å². The summed E-state index contributed by atoms with van der Waals surface area (Å²) in [4.78, 5) is 19.0. The first-order chi connectivity index (χ1) is 8.95. The number of rotatable bonds is 4. The van der Waals surface area contributed by atoms with Crippen molar-refractivity contribution < 1.29 is 0 Å². The summed E-state index contributed by atoms with van der Waals surface area (Å²) in [5.74, 6) is 0.976.